The van der Waals surface area contributed by atoms with Gasteiger partial charge in [0, 0.05) is 14.6 Å². The first kappa shape index (κ1) is 13.0. The summed E-state index contributed by atoms with van der Waals surface area (Å²) in [6.07, 6.45) is 1.51. The lowest BCUT2D eigenvalue weighted by molar-refractivity contribution is -0.140. The van der Waals surface area contributed by atoms with E-state index in [2.05, 4.69) is 29.8 Å². The second-order valence-electron chi connectivity index (χ2n) is 4.70. The maximum absolute atomic E-state index is 11.2. The minimum Gasteiger partial charge on any atom is -0.481 e. The third kappa shape index (κ3) is 2.52. The van der Waals surface area contributed by atoms with E-state index in [1.807, 2.05) is 18.2 Å². The number of hydrogen-bond donors (Lipinski definition) is 1. The van der Waals surface area contributed by atoms with Gasteiger partial charge >= 0.3 is 5.97 Å². The zero-order valence-electron chi connectivity index (χ0n) is 9.87. The first-order valence-corrected chi connectivity index (χ1v) is 7.33. The molecular weight excluding hydrogens is 300 g/mol. The first-order chi connectivity index (χ1) is 7.95. The van der Waals surface area contributed by atoms with Gasteiger partial charge in [-0.25, -0.2) is 0 Å². The number of thioether (sulfide) groups is 1. The molecule has 17 heavy (non-hydrogen) atoms. The van der Waals surface area contributed by atoms with Crippen molar-refractivity contribution in [3.63, 3.8) is 0 Å². The molecule has 0 amide bonds. The maximum Gasteiger partial charge on any atom is 0.314 e. The highest BCUT2D eigenvalue weighted by molar-refractivity contribution is 9.10. The lowest BCUT2D eigenvalue weighted by atomic mass is 9.96. The van der Waals surface area contributed by atoms with Crippen LogP contribution in [0.25, 0.3) is 0 Å². The van der Waals surface area contributed by atoms with E-state index < -0.39 is 11.4 Å². The highest BCUT2D eigenvalue weighted by atomic mass is 79.9. The molecule has 0 unspecified atom stereocenters. The van der Waals surface area contributed by atoms with Crippen LogP contribution < -0.4 is 0 Å². The predicted octanol–water partition coefficient (Wildman–Crippen LogP) is 4.07. The van der Waals surface area contributed by atoms with Gasteiger partial charge in [0.15, 0.2) is 0 Å². The van der Waals surface area contributed by atoms with Gasteiger partial charge in [0.1, 0.15) is 0 Å². The molecule has 0 spiro atoms. The maximum atomic E-state index is 11.2. The van der Waals surface area contributed by atoms with Crippen molar-refractivity contribution in [2.24, 2.45) is 0 Å². The van der Waals surface area contributed by atoms with Crippen molar-refractivity contribution >= 4 is 33.7 Å². The van der Waals surface area contributed by atoms with Gasteiger partial charge in [0.2, 0.25) is 0 Å². The van der Waals surface area contributed by atoms with Crippen molar-refractivity contribution in [2.75, 3.05) is 0 Å². The molecule has 0 bridgehead atoms. The molecule has 1 fully saturated rings. The summed E-state index contributed by atoms with van der Waals surface area (Å²) in [4.78, 5) is 12.4. The van der Waals surface area contributed by atoms with E-state index in [0.717, 1.165) is 22.9 Å². The molecule has 92 valence electrons. The second kappa shape index (κ2) is 4.65. The average Bonchev–Trinajstić information content (AvgIpc) is 3.01. The van der Waals surface area contributed by atoms with Gasteiger partial charge in [0.25, 0.3) is 0 Å². The molecule has 0 atom stereocenters. The van der Waals surface area contributed by atoms with Gasteiger partial charge in [-0.15, -0.1) is 11.8 Å². The first-order valence-electron chi connectivity index (χ1n) is 5.66. The number of aliphatic carboxylic acids is 1. The van der Waals surface area contributed by atoms with Crippen molar-refractivity contribution < 1.29 is 9.90 Å². The van der Waals surface area contributed by atoms with Gasteiger partial charge < -0.3 is 5.11 Å². The van der Waals surface area contributed by atoms with E-state index in [1.165, 1.54) is 4.90 Å². The van der Waals surface area contributed by atoms with E-state index in [1.54, 1.807) is 11.8 Å². The molecule has 4 heteroatoms. The summed E-state index contributed by atoms with van der Waals surface area (Å²) in [6.45, 7) is 4.29. The van der Waals surface area contributed by atoms with Crippen molar-refractivity contribution in [1.29, 1.82) is 0 Å². The zero-order chi connectivity index (χ0) is 12.6. The van der Waals surface area contributed by atoms with Crippen molar-refractivity contribution in [1.82, 2.24) is 0 Å². The molecular formula is C13H15BrO2S. The van der Waals surface area contributed by atoms with Crippen LogP contribution in [0.5, 0.6) is 0 Å². The Labute approximate surface area is 114 Å². The summed E-state index contributed by atoms with van der Waals surface area (Å²) >= 11 is 5.31. The number of halogens is 1. The van der Waals surface area contributed by atoms with E-state index in [4.69, 9.17) is 0 Å². The Hall–Kier alpha value is -0.480. The number of benzene rings is 1. The topological polar surface area (TPSA) is 37.3 Å². The molecule has 1 aliphatic rings. The Morgan fingerprint density at radius 3 is 2.53 bits per heavy atom. The Balaban J connectivity index is 2.28. The third-order valence-electron chi connectivity index (χ3n) is 3.01. The number of carboxylic acid groups (broad SMARTS) is 1. The van der Waals surface area contributed by atoms with Crippen LogP contribution in [0, 0.1) is 0 Å². The number of carbonyl (C=O) groups is 1. The largest absolute Gasteiger partial charge is 0.481 e. The predicted molar refractivity (Wildman–Crippen MR) is 73.7 cm³/mol. The molecule has 2 nitrogen and oxygen atoms in total. The summed E-state index contributed by atoms with van der Waals surface area (Å²) in [5, 5.41) is 9.76. The van der Waals surface area contributed by atoms with E-state index in [9.17, 15) is 9.90 Å². The van der Waals surface area contributed by atoms with Gasteiger partial charge in [-0.1, -0.05) is 19.9 Å². The van der Waals surface area contributed by atoms with Crippen LogP contribution in [-0.2, 0) is 10.2 Å². The van der Waals surface area contributed by atoms with Crippen molar-refractivity contribution in [3.8, 4) is 0 Å². The van der Waals surface area contributed by atoms with E-state index >= 15 is 0 Å². The highest BCUT2D eigenvalue weighted by Gasteiger charge is 2.51. The fourth-order valence-electron chi connectivity index (χ4n) is 1.90. The SMILES string of the molecule is CC(C)Sc1ccc(C2(C(=O)O)CC2)cc1Br. The standard InChI is InChI=1S/C13H15BrO2S/c1-8(2)17-11-4-3-9(7-10(11)14)13(5-6-13)12(15)16/h3-4,7-8H,5-6H2,1-2H3,(H,15,16). The van der Waals surface area contributed by atoms with Crippen molar-refractivity contribution in [2.45, 2.75) is 42.2 Å². The molecule has 0 radical (unpaired) electrons. The van der Waals surface area contributed by atoms with Crippen LogP contribution in [0.2, 0.25) is 0 Å². The third-order valence-corrected chi connectivity index (χ3v) is 5.01. The van der Waals surface area contributed by atoms with E-state index in [-0.39, 0.29) is 0 Å². The van der Waals surface area contributed by atoms with E-state index in [0.29, 0.717) is 5.25 Å². The van der Waals surface area contributed by atoms with Gasteiger partial charge in [-0.2, -0.15) is 0 Å². The number of hydrogen-bond acceptors (Lipinski definition) is 2. The van der Waals surface area contributed by atoms with Crippen LogP contribution in [-0.4, -0.2) is 16.3 Å². The molecule has 1 aromatic rings. The molecule has 0 saturated heterocycles. The Morgan fingerprint density at radius 1 is 1.47 bits per heavy atom. The molecule has 2 rings (SSSR count). The lowest BCUT2D eigenvalue weighted by Crippen LogP contribution is -2.19. The monoisotopic (exact) mass is 314 g/mol. The van der Waals surface area contributed by atoms with Crippen LogP contribution >= 0.6 is 27.7 Å². The smallest absolute Gasteiger partial charge is 0.314 e. The summed E-state index contributed by atoms with van der Waals surface area (Å²) in [7, 11) is 0. The van der Waals surface area contributed by atoms with Crippen LogP contribution in [0.4, 0.5) is 0 Å². The summed E-state index contributed by atoms with van der Waals surface area (Å²) in [6, 6.07) is 5.94. The number of carboxylic acids is 1. The highest BCUT2D eigenvalue weighted by Crippen LogP contribution is 2.49. The molecule has 0 aromatic heterocycles. The fourth-order valence-corrected chi connectivity index (χ4v) is 3.38. The van der Waals surface area contributed by atoms with Crippen molar-refractivity contribution in [3.05, 3.63) is 28.2 Å². The van der Waals surface area contributed by atoms with Crippen LogP contribution in [0.15, 0.2) is 27.6 Å². The molecule has 1 aromatic carbocycles. The number of rotatable bonds is 4. The minimum absolute atomic E-state index is 0.520. The van der Waals surface area contributed by atoms with Gasteiger partial charge in [-0.05, 0) is 46.5 Å². The molecule has 0 aliphatic heterocycles. The van der Waals surface area contributed by atoms with Crippen LogP contribution in [0.1, 0.15) is 32.3 Å². The molecule has 1 aliphatic carbocycles. The molecule has 0 heterocycles. The molecule has 1 saturated carbocycles. The second-order valence-corrected chi connectivity index (χ2v) is 7.17. The van der Waals surface area contributed by atoms with Gasteiger partial charge in [0.05, 0.1) is 5.41 Å². The fraction of sp³-hybridized carbons (Fsp3) is 0.462. The Bertz CT molecular complexity index is 453. The van der Waals surface area contributed by atoms with Crippen LogP contribution in [0.3, 0.4) is 0 Å². The zero-order valence-corrected chi connectivity index (χ0v) is 12.3. The lowest BCUT2D eigenvalue weighted by Gasteiger charge is -2.13. The Kier molecular flexibility index (Phi) is 3.55. The molecule has 1 N–H and O–H groups in total. The quantitative estimate of drug-likeness (QED) is 0.851. The summed E-state index contributed by atoms with van der Waals surface area (Å²) < 4.78 is 1.00. The average molecular weight is 315 g/mol. The summed E-state index contributed by atoms with van der Waals surface area (Å²) in [5.41, 5.74) is 0.314. The minimum atomic E-state index is -0.700. The summed E-state index contributed by atoms with van der Waals surface area (Å²) in [5.74, 6) is -0.700. The normalized spacial score (nSPS) is 17.2. The Morgan fingerprint density at radius 2 is 2.12 bits per heavy atom. The van der Waals surface area contributed by atoms with Gasteiger partial charge in [-0.3, -0.25) is 4.79 Å².